The molecule has 2 aromatic carbocycles. The summed E-state index contributed by atoms with van der Waals surface area (Å²) >= 11 is 0. The highest BCUT2D eigenvalue weighted by Crippen LogP contribution is 2.08. The molecular weight excluding hydrogens is 314 g/mol. The predicted molar refractivity (Wildman–Crippen MR) is 87.9 cm³/mol. The number of benzene rings is 2. The number of aromatic nitrogens is 1. The van der Waals surface area contributed by atoms with Crippen LogP contribution in [0.3, 0.4) is 0 Å². The summed E-state index contributed by atoms with van der Waals surface area (Å²) in [7, 11) is -2.21. The van der Waals surface area contributed by atoms with E-state index in [2.05, 4.69) is 54.2 Å². The fraction of sp³-hybridized carbons (Fsp3) is 0.118. The second kappa shape index (κ2) is 7.82. The Hall–Kier alpha value is -2.28. The van der Waals surface area contributed by atoms with Gasteiger partial charge in [-0.05, 0) is 31.2 Å². The molecule has 0 bridgehead atoms. The molecule has 0 saturated carbocycles. The lowest BCUT2D eigenvalue weighted by molar-refractivity contribution is -0.644. The van der Waals surface area contributed by atoms with Gasteiger partial charge in [-0.1, -0.05) is 29.8 Å². The maximum atomic E-state index is 10.4. The Bertz CT molecular complexity index is 869. The maximum absolute atomic E-state index is 10.4. The van der Waals surface area contributed by atoms with E-state index in [-0.39, 0.29) is 10.4 Å². The average Bonchev–Trinajstić information content (AvgIpc) is 2.48. The van der Waals surface area contributed by atoms with E-state index >= 15 is 0 Å². The standard InChI is InChI=1S/C10H10N.C7H8O3S.H2O/c1-11-8-4-6-9-5-2-3-7-10(9)11;1-6-2-4-7(5-3-6)11(8,9)10;/h2-8H,1H3;2-5H,1H3,(H,8,9,10);1H2/q+1;;/p-1. The lowest BCUT2D eigenvalue weighted by Crippen LogP contribution is -2.27. The van der Waals surface area contributed by atoms with E-state index in [1.54, 1.807) is 12.1 Å². The molecule has 0 atom stereocenters. The van der Waals surface area contributed by atoms with Crippen LogP contribution in [-0.2, 0) is 17.2 Å². The fourth-order valence-electron chi connectivity index (χ4n) is 2.01. The van der Waals surface area contributed by atoms with Crippen molar-refractivity contribution in [1.29, 1.82) is 0 Å². The predicted octanol–water partition coefficient (Wildman–Crippen LogP) is 1.74. The molecule has 0 aliphatic heterocycles. The lowest BCUT2D eigenvalue weighted by atomic mass is 10.2. The van der Waals surface area contributed by atoms with Crippen LogP contribution in [-0.4, -0.2) is 18.4 Å². The number of pyridine rings is 1. The summed E-state index contributed by atoms with van der Waals surface area (Å²) in [5.74, 6) is 0. The van der Waals surface area contributed by atoms with Crippen molar-refractivity contribution in [3.8, 4) is 0 Å². The number of rotatable bonds is 1. The molecule has 6 heteroatoms. The van der Waals surface area contributed by atoms with E-state index in [0.29, 0.717) is 0 Å². The highest BCUT2D eigenvalue weighted by atomic mass is 32.2. The first-order chi connectivity index (χ1) is 10.4. The Morgan fingerprint density at radius 2 is 1.48 bits per heavy atom. The number of aryl methyl sites for hydroxylation is 2. The minimum atomic E-state index is -4.27. The molecule has 1 heterocycles. The van der Waals surface area contributed by atoms with Gasteiger partial charge in [-0.25, -0.2) is 13.0 Å². The van der Waals surface area contributed by atoms with Crippen LogP contribution in [0, 0.1) is 6.92 Å². The first-order valence-corrected chi connectivity index (χ1v) is 8.15. The second-order valence-corrected chi connectivity index (χ2v) is 6.32. The molecular formula is C17H19NO4S. The number of hydrogen-bond donors (Lipinski definition) is 0. The zero-order valence-corrected chi connectivity index (χ0v) is 13.7. The molecule has 5 nitrogen and oxygen atoms in total. The van der Waals surface area contributed by atoms with Crippen molar-refractivity contribution >= 4 is 21.0 Å². The first kappa shape index (κ1) is 18.8. The van der Waals surface area contributed by atoms with Crippen molar-refractivity contribution in [3.05, 3.63) is 72.4 Å². The van der Waals surface area contributed by atoms with Gasteiger partial charge >= 0.3 is 0 Å². The topological polar surface area (TPSA) is 92.6 Å². The summed E-state index contributed by atoms with van der Waals surface area (Å²) in [5.41, 5.74) is 2.20. The SMILES string of the molecule is C[n+]1cccc2ccccc21.Cc1ccc(S(=O)(=O)[O-])cc1.O. The van der Waals surface area contributed by atoms with E-state index in [0.717, 1.165) is 5.56 Å². The summed E-state index contributed by atoms with van der Waals surface area (Å²) in [4.78, 5) is -0.178. The number of hydrogen-bond acceptors (Lipinski definition) is 3. The Kier molecular flexibility index (Phi) is 6.38. The zero-order chi connectivity index (χ0) is 16.2. The van der Waals surface area contributed by atoms with Crippen LogP contribution >= 0.6 is 0 Å². The van der Waals surface area contributed by atoms with E-state index < -0.39 is 10.1 Å². The molecule has 23 heavy (non-hydrogen) atoms. The number of fused-ring (bicyclic) bond motifs is 1. The van der Waals surface area contributed by atoms with Gasteiger partial charge in [0.1, 0.15) is 17.2 Å². The minimum absolute atomic E-state index is 0. The average molecular weight is 333 g/mol. The van der Waals surface area contributed by atoms with Crippen LogP contribution in [0.2, 0.25) is 0 Å². The highest BCUT2D eigenvalue weighted by Gasteiger charge is 1.99. The molecule has 0 radical (unpaired) electrons. The molecule has 0 unspecified atom stereocenters. The molecule has 0 saturated heterocycles. The molecule has 3 aromatic rings. The fourth-order valence-corrected chi connectivity index (χ4v) is 2.48. The normalized spacial score (nSPS) is 10.4. The molecule has 0 spiro atoms. The molecule has 1 aromatic heterocycles. The van der Waals surface area contributed by atoms with Crippen LogP contribution < -0.4 is 4.57 Å². The third-order valence-corrected chi connectivity index (χ3v) is 4.06. The van der Waals surface area contributed by atoms with E-state index in [1.165, 1.54) is 23.0 Å². The minimum Gasteiger partial charge on any atom is -0.744 e. The van der Waals surface area contributed by atoms with Gasteiger partial charge in [0.05, 0.1) is 4.90 Å². The van der Waals surface area contributed by atoms with E-state index in [4.69, 9.17) is 0 Å². The molecule has 0 aliphatic rings. The molecule has 2 N–H and O–H groups in total. The van der Waals surface area contributed by atoms with Crippen molar-refractivity contribution in [2.45, 2.75) is 11.8 Å². The summed E-state index contributed by atoms with van der Waals surface area (Å²) in [6.45, 7) is 1.82. The summed E-state index contributed by atoms with van der Waals surface area (Å²) in [5, 5.41) is 1.29. The van der Waals surface area contributed by atoms with Crippen molar-refractivity contribution in [2.24, 2.45) is 7.05 Å². The van der Waals surface area contributed by atoms with Gasteiger partial charge in [0.25, 0.3) is 0 Å². The Morgan fingerprint density at radius 3 is 2.04 bits per heavy atom. The highest BCUT2D eigenvalue weighted by molar-refractivity contribution is 7.85. The Balaban J connectivity index is 0.000000220. The van der Waals surface area contributed by atoms with E-state index in [1.807, 2.05) is 6.92 Å². The smallest absolute Gasteiger partial charge is 0.212 e. The second-order valence-electron chi connectivity index (χ2n) is 4.95. The number of para-hydroxylation sites is 1. The lowest BCUT2D eigenvalue weighted by Gasteiger charge is -2.05. The van der Waals surface area contributed by atoms with Crippen LogP contribution in [0.5, 0.6) is 0 Å². The number of nitrogens with zero attached hydrogens (tertiary/aromatic N) is 1. The van der Waals surface area contributed by atoms with Crippen molar-refractivity contribution < 1.29 is 23.0 Å². The third-order valence-electron chi connectivity index (χ3n) is 3.21. The maximum Gasteiger partial charge on any atom is 0.212 e. The quantitative estimate of drug-likeness (QED) is 0.501. The van der Waals surface area contributed by atoms with Crippen LogP contribution in [0.25, 0.3) is 10.9 Å². The summed E-state index contributed by atoms with van der Waals surface area (Å²) in [6.07, 6.45) is 2.06. The van der Waals surface area contributed by atoms with E-state index in [9.17, 15) is 13.0 Å². The molecule has 0 amide bonds. The monoisotopic (exact) mass is 333 g/mol. The van der Waals surface area contributed by atoms with Gasteiger partial charge in [0, 0.05) is 17.5 Å². The largest absolute Gasteiger partial charge is 0.744 e. The van der Waals surface area contributed by atoms with Crippen LogP contribution in [0.4, 0.5) is 0 Å². The molecule has 0 fully saturated rings. The van der Waals surface area contributed by atoms with Gasteiger partial charge in [-0.2, -0.15) is 0 Å². The van der Waals surface area contributed by atoms with Crippen molar-refractivity contribution in [3.63, 3.8) is 0 Å². The molecule has 0 aliphatic carbocycles. The molecule has 3 rings (SSSR count). The van der Waals surface area contributed by atoms with Crippen LogP contribution in [0.15, 0.2) is 71.8 Å². The Morgan fingerprint density at radius 1 is 0.913 bits per heavy atom. The van der Waals surface area contributed by atoms with Gasteiger partial charge in [-0.15, -0.1) is 0 Å². The Labute approximate surface area is 135 Å². The van der Waals surface area contributed by atoms with Gasteiger partial charge in [0.15, 0.2) is 6.20 Å². The summed E-state index contributed by atoms with van der Waals surface area (Å²) in [6, 6.07) is 18.3. The molecule has 122 valence electrons. The van der Waals surface area contributed by atoms with Gasteiger partial charge in [0.2, 0.25) is 5.52 Å². The van der Waals surface area contributed by atoms with Crippen molar-refractivity contribution in [1.82, 2.24) is 0 Å². The summed E-state index contributed by atoms with van der Waals surface area (Å²) < 4.78 is 33.3. The first-order valence-electron chi connectivity index (χ1n) is 6.74. The van der Waals surface area contributed by atoms with Gasteiger partial charge < -0.3 is 10.0 Å². The third kappa shape index (κ3) is 5.14. The van der Waals surface area contributed by atoms with Gasteiger partial charge in [-0.3, -0.25) is 0 Å². The zero-order valence-electron chi connectivity index (χ0n) is 12.9. The van der Waals surface area contributed by atoms with Crippen molar-refractivity contribution in [2.75, 3.05) is 0 Å². The van der Waals surface area contributed by atoms with Crippen LogP contribution in [0.1, 0.15) is 5.56 Å².